The summed E-state index contributed by atoms with van der Waals surface area (Å²) in [6.45, 7) is 2.24. The number of nitrogens with zero attached hydrogens (tertiary/aromatic N) is 3. The van der Waals surface area contributed by atoms with Gasteiger partial charge in [-0.25, -0.2) is 0 Å². The molecule has 4 heterocycles. The first-order valence-corrected chi connectivity index (χ1v) is 14.4. The molecule has 2 unspecified atom stereocenters. The summed E-state index contributed by atoms with van der Waals surface area (Å²) in [5, 5.41) is 5.46. The van der Waals surface area contributed by atoms with Crippen molar-refractivity contribution in [2.75, 3.05) is 25.0 Å². The molecule has 2 aromatic carbocycles. The van der Waals surface area contributed by atoms with Crippen LogP contribution in [0.25, 0.3) is 11.3 Å². The number of likely N-dealkylation sites (tertiary alicyclic amines) is 1. The number of aromatic nitrogens is 1. The Labute approximate surface area is 244 Å². The number of benzene rings is 2. The molecule has 3 aliphatic rings. The lowest BCUT2D eigenvalue weighted by atomic mass is 10.0. The Morgan fingerprint density at radius 1 is 1.00 bits per heavy atom. The van der Waals surface area contributed by atoms with Crippen molar-refractivity contribution in [2.24, 2.45) is 0 Å². The van der Waals surface area contributed by atoms with Gasteiger partial charge in [-0.1, -0.05) is 30.3 Å². The summed E-state index contributed by atoms with van der Waals surface area (Å²) in [6.07, 6.45) is 4.73. The van der Waals surface area contributed by atoms with Crippen LogP contribution in [0.4, 0.5) is 5.69 Å². The van der Waals surface area contributed by atoms with Crippen LogP contribution < -0.4 is 15.4 Å². The lowest BCUT2D eigenvalue weighted by molar-refractivity contribution is -0.137. The third-order valence-corrected chi connectivity index (χ3v) is 8.18. The number of para-hydroxylation sites is 1. The molecule has 0 saturated carbocycles. The first-order chi connectivity index (χ1) is 20.5. The van der Waals surface area contributed by atoms with Gasteiger partial charge in [0.2, 0.25) is 17.7 Å². The molecular weight excluding hydrogens is 534 g/mol. The van der Waals surface area contributed by atoms with Gasteiger partial charge in [0.05, 0.1) is 30.6 Å². The highest BCUT2D eigenvalue weighted by molar-refractivity contribution is 6.05. The van der Waals surface area contributed by atoms with Crippen LogP contribution in [0.1, 0.15) is 48.0 Å². The lowest BCUT2D eigenvalue weighted by Crippen LogP contribution is -2.52. The van der Waals surface area contributed by atoms with Crippen LogP contribution in [0.5, 0.6) is 5.75 Å². The van der Waals surface area contributed by atoms with Gasteiger partial charge in [0, 0.05) is 35.9 Å². The highest BCUT2D eigenvalue weighted by atomic mass is 16.5. The second-order valence-corrected chi connectivity index (χ2v) is 10.8. The number of anilines is 1. The molecule has 10 heteroatoms. The summed E-state index contributed by atoms with van der Waals surface area (Å²) in [4.78, 5) is 58.5. The Hall–Kier alpha value is -4.57. The Balaban J connectivity index is 1.04. The number of carbonyl (C=O) groups is 4. The third-order valence-electron chi connectivity index (χ3n) is 8.18. The Bertz CT molecular complexity index is 1510. The fourth-order valence-electron chi connectivity index (χ4n) is 6.09. The highest BCUT2D eigenvalue weighted by Crippen LogP contribution is 2.34. The molecule has 0 radical (unpaired) electrons. The zero-order chi connectivity index (χ0) is 29.1. The third kappa shape index (κ3) is 5.62. The molecule has 216 valence electrons. The number of ether oxygens (including phenoxy) is 1. The molecule has 2 atom stereocenters. The number of imide groups is 1. The highest BCUT2D eigenvalue weighted by Gasteiger charge is 2.40. The van der Waals surface area contributed by atoms with E-state index < -0.39 is 11.9 Å². The summed E-state index contributed by atoms with van der Waals surface area (Å²) < 4.78 is 6.12. The van der Waals surface area contributed by atoms with Crippen LogP contribution in [-0.4, -0.2) is 70.2 Å². The van der Waals surface area contributed by atoms with E-state index in [0.29, 0.717) is 37.3 Å². The van der Waals surface area contributed by atoms with Gasteiger partial charge in [-0.15, -0.1) is 0 Å². The van der Waals surface area contributed by atoms with Crippen LogP contribution in [0.15, 0.2) is 66.9 Å². The minimum Gasteiger partial charge on any atom is -0.493 e. The van der Waals surface area contributed by atoms with Crippen LogP contribution in [0.2, 0.25) is 0 Å². The zero-order valence-corrected chi connectivity index (χ0v) is 23.3. The number of amides is 4. The van der Waals surface area contributed by atoms with Gasteiger partial charge >= 0.3 is 0 Å². The molecule has 0 bridgehead atoms. The van der Waals surface area contributed by atoms with Crippen molar-refractivity contribution in [3.8, 4) is 17.0 Å². The number of rotatable bonds is 9. The van der Waals surface area contributed by atoms with E-state index in [2.05, 4.69) is 20.5 Å². The van der Waals surface area contributed by atoms with Crippen LogP contribution in [0, 0.1) is 0 Å². The van der Waals surface area contributed by atoms with Crippen LogP contribution in [-0.2, 0) is 20.9 Å². The SMILES string of the molecule is O=C1CCC(N2Cc3c(OCCCN4CCCC4C(=O)Nc4ccccc4-c4ccccn4)cccc3C2=O)C(=O)N1. The quantitative estimate of drug-likeness (QED) is 0.300. The largest absolute Gasteiger partial charge is 0.493 e. The number of fused-ring (bicyclic) bond motifs is 1. The number of nitrogens with one attached hydrogen (secondary N) is 2. The minimum atomic E-state index is -0.662. The maximum atomic E-state index is 13.3. The van der Waals surface area contributed by atoms with Gasteiger partial charge in [0.25, 0.3) is 5.91 Å². The molecular formula is C32H33N5O5. The van der Waals surface area contributed by atoms with E-state index in [1.54, 1.807) is 18.3 Å². The summed E-state index contributed by atoms with van der Waals surface area (Å²) in [6, 6.07) is 17.9. The van der Waals surface area contributed by atoms with E-state index in [-0.39, 0.29) is 36.7 Å². The molecule has 1 aromatic heterocycles. The predicted octanol–water partition coefficient (Wildman–Crippen LogP) is 3.38. The standard InChI is InChI=1S/C32H33N5O5/c38-29-15-14-27(31(40)35-29)37-20-23-21(32(37)41)9-5-13-28(23)42-19-7-18-36-17-6-12-26(36)30(39)34-25-11-2-1-8-22(25)24-10-3-4-16-33-24/h1-5,8-11,13,16,26-27H,6-7,12,14-15,17-20H2,(H,34,39)(H,35,38,40). The fourth-order valence-corrected chi connectivity index (χ4v) is 6.09. The van der Waals surface area contributed by atoms with Crippen molar-refractivity contribution >= 4 is 29.3 Å². The van der Waals surface area contributed by atoms with Crippen LogP contribution in [0.3, 0.4) is 0 Å². The van der Waals surface area contributed by atoms with Gasteiger partial charge in [-0.3, -0.25) is 34.4 Å². The van der Waals surface area contributed by atoms with Gasteiger partial charge < -0.3 is 15.0 Å². The molecule has 3 aliphatic heterocycles. The van der Waals surface area contributed by atoms with Gasteiger partial charge in [0.1, 0.15) is 11.8 Å². The van der Waals surface area contributed by atoms with Crippen LogP contribution >= 0.6 is 0 Å². The summed E-state index contributed by atoms with van der Waals surface area (Å²) in [5.41, 5.74) is 3.73. The Kier molecular flexibility index (Phi) is 7.96. The molecule has 0 aliphatic carbocycles. The van der Waals surface area contributed by atoms with Gasteiger partial charge in [-0.05, 0) is 62.6 Å². The predicted molar refractivity (Wildman–Crippen MR) is 155 cm³/mol. The summed E-state index contributed by atoms with van der Waals surface area (Å²) in [5.74, 6) is -0.363. The average Bonchev–Trinajstić information content (AvgIpc) is 3.61. The van der Waals surface area contributed by atoms with E-state index in [0.717, 1.165) is 41.9 Å². The van der Waals surface area contributed by atoms with Crippen molar-refractivity contribution in [1.82, 2.24) is 20.1 Å². The van der Waals surface area contributed by atoms with E-state index in [9.17, 15) is 19.2 Å². The van der Waals surface area contributed by atoms with Crippen molar-refractivity contribution < 1.29 is 23.9 Å². The lowest BCUT2D eigenvalue weighted by Gasteiger charge is -2.29. The first-order valence-electron chi connectivity index (χ1n) is 14.4. The average molecular weight is 568 g/mol. The van der Waals surface area contributed by atoms with Crippen molar-refractivity contribution in [3.63, 3.8) is 0 Å². The first kappa shape index (κ1) is 27.6. The van der Waals surface area contributed by atoms with E-state index >= 15 is 0 Å². The minimum absolute atomic E-state index is 0.0234. The van der Waals surface area contributed by atoms with Gasteiger partial charge in [-0.2, -0.15) is 0 Å². The second kappa shape index (κ2) is 12.1. The summed E-state index contributed by atoms with van der Waals surface area (Å²) >= 11 is 0. The number of pyridine rings is 1. The molecule has 2 fully saturated rings. The number of carbonyl (C=O) groups excluding carboxylic acids is 4. The number of hydrogen-bond donors (Lipinski definition) is 2. The molecule has 10 nitrogen and oxygen atoms in total. The monoisotopic (exact) mass is 567 g/mol. The number of hydrogen-bond acceptors (Lipinski definition) is 7. The van der Waals surface area contributed by atoms with E-state index in [1.807, 2.05) is 48.5 Å². The fraction of sp³-hybridized carbons (Fsp3) is 0.344. The Morgan fingerprint density at radius 2 is 1.83 bits per heavy atom. The number of piperidine rings is 1. The Morgan fingerprint density at radius 3 is 2.67 bits per heavy atom. The molecule has 6 rings (SSSR count). The maximum absolute atomic E-state index is 13.3. The summed E-state index contributed by atoms with van der Waals surface area (Å²) in [7, 11) is 0. The second-order valence-electron chi connectivity index (χ2n) is 10.8. The molecule has 42 heavy (non-hydrogen) atoms. The normalized spacial score (nSPS) is 20.4. The van der Waals surface area contributed by atoms with Crippen molar-refractivity contribution in [3.05, 3.63) is 78.0 Å². The molecule has 3 aromatic rings. The molecule has 0 spiro atoms. The molecule has 4 amide bonds. The zero-order valence-electron chi connectivity index (χ0n) is 23.3. The topological polar surface area (TPSA) is 121 Å². The van der Waals surface area contributed by atoms with Gasteiger partial charge in [0.15, 0.2) is 0 Å². The van der Waals surface area contributed by atoms with Crippen molar-refractivity contribution in [2.45, 2.75) is 50.7 Å². The van der Waals surface area contributed by atoms with Crippen molar-refractivity contribution in [1.29, 1.82) is 0 Å². The van der Waals surface area contributed by atoms with E-state index in [4.69, 9.17) is 4.74 Å². The molecule has 2 N–H and O–H groups in total. The smallest absolute Gasteiger partial charge is 0.255 e. The van der Waals surface area contributed by atoms with E-state index in [1.165, 1.54) is 4.90 Å². The molecule has 2 saturated heterocycles. The maximum Gasteiger partial charge on any atom is 0.255 e.